The molecule has 2 radical (unpaired) electrons. The summed E-state index contributed by atoms with van der Waals surface area (Å²) in [6, 6.07) is 8.16. The molecule has 0 saturated heterocycles. The van der Waals surface area contributed by atoms with Gasteiger partial charge in [-0.3, -0.25) is 0 Å². The van der Waals surface area contributed by atoms with E-state index >= 15 is 0 Å². The first kappa shape index (κ1) is 13.3. The minimum Gasteiger partial charge on any atom is -0.0967 e. The third-order valence-electron chi connectivity index (χ3n) is 2.46. The highest BCUT2D eigenvalue weighted by atomic mass is 14.1. The lowest BCUT2D eigenvalue weighted by Gasteiger charge is -2.15. The molecule has 1 aromatic carbocycles. The molecule has 0 nitrogen and oxygen atoms in total. The summed E-state index contributed by atoms with van der Waals surface area (Å²) in [5, 5.41) is 0. The van der Waals surface area contributed by atoms with Gasteiger partial charge in [0.05, 0.1) is 0 Å². The molecule has 0 heterocycles. The lowest BCUT2D eigenvalue weighted by atomic mass is 9.87. The Morgan fingerprint density at radius 1 is 0.929 bits per heavy atom. The van der Waals surface area contributed by atoms with Crippen LogP contribution in [0.1, 0.15) is 46.1 Å². The van der Waals surface area contributed by atoms with E-state index in [1.165, 1.54) is 5.56 Å². The SMILES string of the molecule is CC.[B]c1ccc(C(C)C(C)C)cc1. The van der Waals surface area contributed by atoms with Crippen molar-refractivity contribution in [2.45, 2.75) is 40.5 Å². The zero-order valence-electron chi connectivity index (χ0n) is 10.0. The van der Waals surface area contributed by atoms with Gasteiger partial charge < -0.3 is 0 Å². The molecule has 0 aliphatic rings. The number of benzene rings is 1. The van der Waals surface area contributed by atoms with Gasteiger partial charge in [0, 0.05) is 0 Å². The van der Waals surface area contributed by atoms with Gasteiger partial charge in [0.1, 0.15) is 7.85 Å². The average molecular weight is 188 g/mol. The summed E-state index contributed by atoms with van der Waals surface area (Å²) in [5.74, 6) is 1.30. The van der Waals surface area contributed by atoms with Crippen molar-refractivity contribution in [1.29, 1.82) is 0 Å². The smallest absolute Gasteiger partial charge is 0.0967 e. The Morgan fingerprint density at radius 3 is 1.71 bits per heavy atom. The first-order chi connectivity index (χ1) is 6.61. The molecular weight excluding hydrogens is 167 g/mol. The van der Waals surface area contributed by atoms with Gasteiger partial charge in [-0.25, -0.2) is 0 Å². The molecule has 1 unspecified atom stereocenters. The maximum absolute atomic E-state index is 5.60. The Kier molecular flexibility index (Phi) is 6.35. The van der Waals surface area contributed by atoms with Crippen molar-refractivity contribution in [3.63, 3.8) is 0 Å². The molecule has 1 aromatic rings. The van der Waals surface area contributed by atoms with E-state index in [4.69, 9.17) is 7.85 Å². The van der Waals surface area contributed by atoms with Crippen LogP contribution < -0.4 is 5.46 Å². The molecule has 1 atom stereocenters. The minimum atomic E-state index is 0.616. The molecule has 0 aromatic heterocycles. The minimum absolute atomic E-state index is 0.616. The fraction of sp³-hybridized carbons (Fsp3) is 0.538. The molecule has 0 aliphatic carbocycles. The Labute approximate surface area is 90.1 Å². The van der Waals surface area contributed by atoms with Gasteiger partial charge in [-0.2, -0.15) is 0 Å². The predicted molar refractivity (Wildman–Crippen MR) is 66.4 cm³/mol. The summed E-state index contributed by atoms with van der Waals surface area (Å²) >= 11 is 0. The van der Waals surface area contributed by atoms with Gasteiger partial charge in [0.15, 0.2) is 0 Å². The second-order valence-corrected chi connectivity index (χ2v) is 3.70. The van der Waals surface area contributed by atoms with Crippen molar-refractivity contribution < 1.29 is 0 Å². The van der Waals surface area contributed by atoms with E-state index in [2.05, 4.69) is 32.9 Å². The molecule has 1 rings (SSSR count). The van der Waals surface area contributed by atoms with Crippen LogP contribution in [0.25, 0.3) is 0 Å². The van der Waals surface area contributed by atoms with E-state index in [0.29, 0.717) is 11.8 Å². The predicted octanol–water partition coefficient (Wildman–Crippen LogP) is 3.27. The average Bonchev–Trinajstić information content (AvgIpc) is 2.21. The van der Waals surface area contributed by atoms with Crippen LogP contribution in [-0.4, -0.2) is 7.85 Å². The Morgan fingerprint density at radius 2 is 1.36 bits per heavy atom. The van der Waals surface area contributed by atoms with Gasteiger partial charge in [0.25, 0.3) is 0 Å². The second kappa shape index (κ2) is 6.70. The molecular formula is C13H21B. The van der Waals surface area contributed by atoms with Gasteiger partial charge in [-0.1, -0.05) is 64.3 Å². The van der Waals surface area contributed by atoms with Crippen molar-refractivity contribution in [3.05, 3.63) is 29.8 Å². The standard InChI is InChI=1S/C11H15B.C2H6/c1-8(2)9(3)10-4-6-11(12)7-5-10;1-2/h4-9H,1-3H3;1-2H3. The van der Waals surface area contributed by atoms with Crippen molar-refractivity contribution in [3.8, 4) is 0 Å². The van der Waals surface area contributed by atoms with E-state index in [1.54, 1.807) is 0 Å². The van der Waals surface area contributed by atoms with E-state index in [9.17, 15) is 0 Å². The van der Waals surface area contributed by atoms with Crippen LogP contribution in [0.15, 0.2) is 24.3 Å². The van der Waals surface area contributed by atoms with Gasteiger partial charge in [-0.05, 0) is 17.4 Å². The molecule has 0 N–H and O–H groups in total. The highest BCUT2D eigenvalue weighted by molar-refractivity contribution is 6.32. The van der Waals surface area contributed by atoms with Gasteiger partial charge in [0.2, 0.25) is 0 Å². The summed E-state index contributed by atoms with van der Waals surface area (Å²) in [6.45, 7) is 10.7. The van der Waals surface area contributed by atoms with Crippen molar-refractivity contribution in [2.75, 3.05) is 0 Å². The molecule has 0 aliphatic heterocycles. The molecule has 1 heteroatoms. The second-order valence-electron chi connectivity index (χ2n) is 3.70. The van der Waals surface area contributed by atoms with Crippen molar-refractivity contribution in [1.82, 2.24) is 0 Å². The molecule has 0 fully saturated rings. The number of hydrogen-bond acceptors (Lipinski definition) is 0. The van der Waals surface area contributed by atoms with Crippen LogP contribution in [0.5, 0.6) is 0 Å². The van der Waals surface area contributed by atoms with Crippen LogP contribution in [0.4, 0.5) is 0 Å². The fourth-order valence-electron chi connectivity index (χ4n) is 1.18. The zero-order valence-corrected chi connectivity index (χ0v) is 10.0. The fourth-order valence-corrected chi connectivity index (χ4v) is 1.18. The Hall–Kier alpha value is -0.715. The van der Waals surface area contributed by atoms with Crippen LogP contribution in [0.2, 0.25) is 0 Å². The molecule has 76 valence electrons. The van der Waals surface area contributed by atoms with Crippen LogP contribution in [0.3, 0.4) is 0 Å². The first-order valence-corrected chi connectivity index (χ1v) is 5.46. The van der Waals surface area contributed by atoms with Crippen LogP contribution >= 0.6 is 0 Å². The monoisotopic (exact) mass is 188 g/mol. The maximum atomic E-state index is 5.60. The maximum Gasteiger partial charge on any atom is 0.113 e. The summed E-state index contributed by atoms with van der Waals surface area (Å²) < 4.78 is 0. The third-order valence-corrected chi connectivity index (χ3v) is 2.46. The first-order valence-electron chi connectivity index (χ1n) is 5.46. The van der Waals surface area contributed by atoms with E-state index < -0.39 is 0 Å². The highest BCUT2D eigenvalue weighted by Gasteiger charge is 2.08. The van der Waals surface area contributed by atoms with E-state index in [0.717, 1.165) is 5.46 Å². The van der Waals surface area contributed by atoms with Gasteiger partial charge >= 0.3 is 0 Å². The van der Waals surface area contributed by atoms with Crippen molar-refractivity contribution in [2.24, 2.45) is 5.92 Å². The van der Waals surface area contributed by atoms with E-state index in [1.807, 2.05) is 26.0 Å². The Balaban J connectivity index is 0.000000791. The van der Waals surface area contributed by atoms with Gasteiger partial charge in [-0.15, -0.1) is 0 Å². The zero-order chi connectivity index (χ0) is 11.1. The molecule has 0 saturated carbocycles. The summed E-state index contributed by atoms with van der Waals surface area (Å²) in [6.07, 6.45) is 0. The third kappa shape index (κ3) is 4.00. The van der Waals surface area contributed by atoms with Crippen LogP contribution in [-0.2, 0) is 0 Å². The Bertz CT molecular complexity index is 236. The highest BCUT2D eigenvalue weighted by Crippen LogP contribution is 2.22. The van der Waals surface area contributed by atoms with Crippen molar-refractivity contribution >= 4 is 13.3 Å². The lowest BCUT2D eigenvalue weighted by molar-refractivity contribution is 0.535. The lowest BCUT2D eigenvalue weighted by Crippen LogP contribution is -2.05. The summed E-state index contributed by atoms with van der Waals surface area (Å²) in [7, 11) is 5.60. The van der Waals surface area contributed by atoms with Crippen LogP contribution in [0, 0.1) is 5.92 Å². The summed E-state index contributed by atoms with van der Waals surface area (Å²) in [4.78, 5) is 0. The molecule has 0 bridgehead atoms. The molecule has 0 amide bonds. The number of hydrogen-bond donors (Lipinski definition) is 0. The summed E-state index contributed by atoms with van der Waals surface area (Å²) in [5.41, 5.74) is 2.22. The molecule has 14 heavy (non-hydrogen) atoms. The van der Waals surface area contributed by atoms with E-state index in [-0.39, 0.29) is 0 Å². The normalized spacial score (nSPS) is 11.9. The number of rotatable bonds is 2. The topological polar surface area (TPSA) is 0 Å². The largest absolute Gasteiger partial charge is 0.113 e. The molecule has 0 spiro atoms. The quantitative estimate of drug-likeness (QED) is 0.625.